The van der Waals surface area contributed by atoms with Crippen LogP contribution in [0.4, 0.5) is 17.1 Å². The zero-order chi connectivity index (χ0) is 11.7. The monoisotopic (exact) mass is 221 g/mol. The van der Waals surface area contributed by atoms with Gasteiger partial charge in [0.05, 0.1) is 24.6 Å². The summed E-state index contributed by atoms with van der Waals surface area (Å²) in [6.07, 6.45) is 0. The molecule has 2 rings (SSSR count). The Morgan fingerprint density at radius 3 is 2.44 bits per heavy atom. The van der Waals surface area contributed by atoms with E-state index in [4.69, 9.17) is 16.2 Å². The second-order valence-electron chi connectivity index (χ2n) is 4.27. The van der Waals surface area contributed by atoms with E-state index in [1.165, 1.54) is 11.3 Å². The summed E-state index contributed by atoms with van der Waals surface area (Å²) < 4.78 is 5.36. The molecule has 0 aromatic heterocycles. The lowest BCUT2D eigenvalue weighted by atomic mass is 10.0. The minimum atomic E-state index is 0.673. The first-order valence-corrected chi connectivity index (χ1v) is 5.59. The summed E-state index contributed by atoms with van der Waals surface area (Å²) in [6, 6.07) is 1.95. The SMILES string of the molecule is Cc1cc(N)c(N)c(C)c1N1CCOCC1. The molecule has 0 atom stereocenters. The van der Waals surface area contributed by atoms with Gasteiger partial charge in [-0.2, -0.15) is 0 Å². The van der Waals surface area contributed by atoms with Crippen molar-refractivity contribution < 1.29 is 4.74 Å². The van der Waals surface area contributed by atoms with E-state index in [1.54, 1.807) is 0 Å². The summed E-state index contributed by atoms with van der Waals surface area (Å²) in [5.74, 6) is 0. The normalized spacial score (nSPS) is 16.5. The van der Waals surface area contributed by atoms with Gasteiger partial charge >= 0.3 is 0 Å². The minimum Gasteiger partial charge on any atom is -0.397 e. The van der Waals surface area contributed by atoms with Crippen LogP contribution in [0.2, 0.25) is 0 Å². The quantitative estimate of drug-likeness (QED) is 0.702. The van der Waals surface area contributed by atoms with Crippen LogP contribution < -0.4 is 16.4 Å². The molecule has 1 fully saturated rings. The summed E-state index contributed by atoms with van der Waals surface area (Å²) in [5.41, 5.74) is 16.7. The van der Waals surface area contributed by atoms with Crippen LogP contribution in [-0.4, -0.2) is 26.3 Å². The third-order valence-corrected chi connectivity index (χ3v) is 3.14. The van der Waals surface area contributed by atoms with Crippen molar-refractivity contribution in [2.75, 3.05) is 42.7 Å². The van der Waals surface area contributed by atoms with E-state index >= 15 is 0 Å². The standard InChI is InChI=1S/C12H19N3O/c1-8-7-10(13)11(14)9(2)12(8)15-3-5-16-6-4-15/h7H,3-6,13-14H2,1-2H3. The second kappa shape index (κ2) is 4.22. The van der Waals surface area contributed by atoms with Crippen molar-refractivity contribution in [3.05, 3.63) is 17.2 Å². The van der Waals surface area contributed by atoms with E-state index in [0.29, 0.717) is 11.4 Å². The topological polar surface area (TPSA) is 64.5 Å². The number of ether oxygens (including phenoxy) is 1. The molecule has 0 bridgehead atoms. The Balaban J connectivity index is 2.42. The molecule has 1 heterocycles. The molecule has 4 N–H and O–H groups in total. The van der Waals surface area contributed by atoms with Gasteiger partial charge in [-0.1, -0.05) is 0 Å². The fourth-order valence-corrected chi connectivity index (χ4v) is 2.29. The fourth-order valence-electron chi connectivity index (χ4n) is 2.29. The maximum Gasteiger partial charge on any atom is 0.0642 e. The molecule has 88 valence electrons. The highest BCUT2D eigenvalue weighted by Gasteiger charge is 2.17. The van der Waals surface area contributed by atoms with Gasteiger partial charge in [0.15, 0.2) is 0 Å². The van der Waals surface area contributed by atoms with Gasteiger partial charge in [0.1, 0.15) is 0 Å². The average molecular weight is 221 g/mol. The largest absolute Gasteiger partial charge is 0.397 e. The molecule has 0 spiro atoms. The fraction of sp³-hybridized carbons (Fsp3) is 0.500. The molecule has 0 saturated carbocycles. The summed E-state index contributed by atoms with van der Waals surface area (Å²) in [4.78, 5) is 2.32. The first-order valence-electron chi connectivity index (χ1n) is 5.59. The van der Waals surface area contributed by atoms with Gasteiger partial charge in [-0.15, -0.1) is 0 Å². The smallest absolute Gasteiger partial charge is 0.0642 e. The highest BCUT2D eigenvalue weighted by atomic mass is 16.5. The van der Waals surface area contributed by atoms with Crippen LogP contribution in [-0.2, 0) is 4.74 Å². The molecule has 1 saturated heterocycles. The first kappa shape index (κ1) is 11.1. The molecule has 0 unspecified atom stereocenters. The van der Waals surface area contributed by atoms with Gasteiger partial charge in [0.25, 0.3) is 0 Å². The van der Waals surface area contributed by atoms with Crippen molar-refractivity contribution in [2.24, 2.45) is 0 Å². The van der Waals surface area contributed by atoms with E-state index < -0.39 is 0 Å². The molecule has 1 aromatic rings. The van der Waals surface area contributed by atoms with Gasteiger partial charge in [-0.3, -0.25) is 0 Å². The van der Waals surface area contributed by atoms with Gasteiger partial charge in [0.2, 0.25) is 0 Å². The summed E-state index contributed by atoms with van der Waals surface area (Å²) >= 11 is 0. The van der Waals surface area contributed by atoms with Crippen LogP contribution in [0.5, 0.6) is 0 Å². The molecule has 0 aliphatic carbocycles. The molecule has 1 aliphatic heterocycles. The molecular formula is C12H19N3O. The Bertz CT molecular complexity index is 398. The number of hydrogen-bond donors (Lipinski definition) is 2. The van der Waals surface area contributed by atoms with Gasteiger partial charge < -0.3 is 21.1 Å². The third kappa shape index (κ3) is 1.80. The number of nitrogen functional groups attached to an aromatic ring is 2. The lowest BCUT2D eigenvalue weighted by Gasteiger charge is -2.32. The van der Waals surface area contributed by atoms with Crippen LogP contribution in [0, 0.1) is 13.8 Å². The Labute approximate surface area is 96.2 Å². The van der Waals surface area contributed by atoms with Gasteiger partial charge in [0, 0.05) is 18.8 Å². The number of rotatable bonds is 1. The summed E-state index contributed by atoms with van der Waals surface area (Å²) in [5, 5.41) is 0. The first-order chi connectivity index (χ1) is 7.61. The molecule has 16 heavy (non-hydrogen) atoms. The number of hydrogen-bond acceptors (Lipinski definition) is 4. The predicted octanol–water partition coefficient (Wildman–Crippen LogP) is 1.30. The Kier molecular flexibility index (Phi) is 2.92. The second-order valence-corrected chi connectivity index (χ2v) is 4.27. The molecule has 1 aromatic carbocycles. The highest BCUT2D eigenvalue weighted by molar-refractivity contribution is 5.78. The van der Waals surface area contributed by atoms with Crippen LogP contribution in [0.1, 0.15) is 11.1 Å². The molecular weight excluding hydrogens is 202 g/mol. The average Bonchev–Trinajstić information content (AvgIpc) is 2.28. The van der Waals surface area contributed by atoms with E-state index in [9.17, 15) is 0 Å². The molecule has 4 nitrogen and oxygen atoms in total. The number of aryl methyl sites for hydroxylation is 1. The molecule has 0 radical (unpaired) electrons. The number of morpholine rings is 1. The van der Waals surface area contributed by atoms with Crippen molar-refractivity contribution in [2.45, 2.75) is 13.8 Å². The van der Waals surface area contributed by atoms with E-state index in [2.05, 4.69) is 11.8 Å². The molecule has 1 aliphatic rings. The van der Waals surface area contributed by atoms with Crippen molar-refractivity contribution >= 4 is 17.1 Å². The zero-order valence-corrected chi connectivity index (χ0v) is 9.92. The number of nitrogens with zero attached hydrogens (tertiary/aromatic N) is 1. The van der Waals surface area contributed by atoms with E-state index in [1.807, 2.05) is 13.0 Å². The number of nitrogens with two attached hydrogens (primary N) is 2. The summed E-state index contributed by atoms with van der Waals surface area (Å²) in [7, 11) is 0. The van der Waals surface area contributed by atoms with Crippen molar-refractivity contribution in [1.82, 2.24) is 0 Å². The number of anilines is 3. The van der Waals surface area contributed by atoms with Crippen molar-refractivity contribution in [1.29, 1.82) is 0 Å². The minimum absolute atomic E-state index is 0.673. The number of benzene rings is 1. The van der Waals surface area contributed by atoms with Crippen molar-refractivity contribution in [3.8, 4) is 0 Å². The Morgan fingerprint density at radius 2 is 1.81 bits per heavy atom. The van der Waals surface area contributed by atoms with Crippen LogP contribution >= 0.6 is 0 Å². The Morgan fingerprint density at radius 1 is 1.19 bits per heavy atom. The molecule has 4 heteroatoms. The van der Waals surface area contributed by atoms with Crippen LogP contribution in [0.15, 0.2) is 6.07 Å². The van der Waals surface area contributed by atoms with Crippen molar-refractivity contribution in [3.63, 3.8) is 0 Å². The maximum atomic E-state index is 5.98. The third-order valence-electron chi connectivity index (χ3n) is 3.14. The Hall–Kier alpha value is -1.42. The van der Waals surface area contributed by atoms with Crippen LogP contribution in [0.25, 0.3) is 0 Å². The summed E-state index contributed by atoms with van der Waals surface area (Å²) in [6.45, 7) is 7.51. The highest BCUT2D eigenvalue weighted by Crippen LogP contribution is 2.33. The van der Waals surface area contributed by atoms with Gasteiger partial charge in [-0.25, -0.2) is 0 Å². The molecule has 0 amide bonds. The van der Waals surface area contributed by atoms with E-state index in [0.717, 1.165) is 31.9 Å². The lowest BCUT2D eigenvalue weighted by Crippen LogP contribution is -2.37. The van der Waals surface area contributed by atoms with Gasteiger partial charge in [-0.05, 0) is 31.0 Å². The van der Waals surface area contributed by atoms with E-state index in [-0.39, 0.29) is 0 Å². The zero-order valence-electron chi connectivity index (χ0n) is 9.92. The van der Waals surface area contributed by atoms with Crippen LogP contribution in [0.3, 0.4) is 0 Å². The lowest BCUT2D eigenvalue weighted by molar-refractivity contribution is 0.122. The predicted molar refractivity (Wildman–Crippen MR) is 67.8 cm³/mol. The maximum absolute atomic E-state index is 5.98.